The molecule has 92 valence electrons. The Bertz CT molecular complexity index is 440. The molecule has 0 spiro atoms. The zero-order valence-electron chi connectivity index (χ0n) is 10.5. The van der Waals surface area contributed by atoms with Crippen molar-refractivity contribution in [3.05, 3.63) is 28.8 Å². The highest BCUT2D eigenvalue weighted by atomic mass is 16.1. The SMILES string of the molecule is CCCC(N)c1cc(C)c2c(c1)CCC(=O)N2. The maximum absolute atomic E-state index is 11.4. The number of amides is 1. The van der Waals surface area contributed by atoms with Crippen molar-refractivity contribution in [3.8, 4) is 0 Å². The third kappa shape index (κ3) is 2.50. The van der Waals surface area contributed by atoms with Crippen molar-refractivity contribution < 1.29 is 4.79 Å². The lowest BCUT2D eigenvalue weighted by molar-refractivity contribution is -0.116. The Labute approximate surface area is 102 Å². The number of rotatable bonds is 3. The maximum Gasteiger partial charge on any atom is 0.224 e. The van der Waals surface area contributed by atoms with E-state index in [-0.39, 0.29) is 11.9 Å². The van der Waals surface area contributed by atoms with Gasteiger partial charge < -0.3 is 11.1 Å². The Morgan fingerprint density at radius 1 is 1.41 bits per heavy atom. The minimum absolute atomic E-state index is 0.113. The Hall–Kier alpha value is -1.35. The van der Waals surface area contributed by atoms with E-state index in [1.54, 1.807) is 0 Å². The first-order valence-electron chi connectivity index (χ1n) is 6.30. The Morgan fingerprint density at radius 3 is 2.88 bits per heavy atom. The predicted molar refractivity (Wildman–Crippen MR) is 70.0 cm³/mol. The lowest BCUT2D eigenvalue weighted by atomic mass is 9.93. The fourth-order valence-electron chi connectivity index (χ4n) is 2.41. The van der Waals surface area contributed by atoms with E-state index in [9.17, 15) is 4.79 Å². The van der Waals surface area contributed by atoms with Crippen LogP contribution in [0.1, 0.15) is 48.9 Å². The van der Waals surface area contributed by atoms with Crippen LogP contribution >= 0.6 is 0 Å². The molecule has 1 aliphatic heterocycles. The van der Waals surface area contributed by atoms with Crippen LogP contribution in [-0.4, -0.2) is 5.91 Å². The number of carbonyl (C=O) groups excluding carboxylic acids is 1. The van der Waals surface area contributed by atoms with Gasteiger partial charge in [0.05, 0.1) is 0 Å². The molecule has 0 saturated carbocycles. The highest BCUT2D eigenvalue weighted by molar-refractivity contribution is 5.94. The zero-order valence-corrected chi connectivity index (χ0v) is 10.5. The summed E-state index contributed by atoms with van der Waals surface area (Å²) in [6.45, 7) is 4.18. The summed E-state index contributed by atoms with van der Waals surface area (Å²) in [4.78, 5) is 11.4. The summed E-state index contributed by atoms with van der Waals surface area (Å²) in [5.74, 6) is 0.117. The van der Waals surface area contributed by atoms with E-state index in [1.165, 1.54) is 11.1 Å². The number of benzene rings is 1. The zero-order chi connectivity index (χ0) is 12.4. The number of carbonyl (C=O) groups is 1. The van der Waals surface area contributed by atoms with Crippen molar-refractivity contribution in [2.45, 2.75) is 45.6 Å². The second-order valence-electron chi connectivity index (χ2n) is 4.82. The van der Waals surface area contributed by atoms with Gasteiger partial charge in [-0.1, -0.05) is 25.5 Å². The molecule has 1 atom stereocenters. The van der Waals surface area contributed by atoms with Gasteiger partial charge in [-0.25, -0.2) is 0 Å². The number of fused-ring (bicyclic) bond motifs is 1. The third-order valence-electron chi connectivity index (χ3n) is 3.35. The van der Waals surface area contributed by atoms with Gasteiger partial charge in [0.1, 0.15) is 0 Å². The summed E-state index contributed by atoms with van der Waals surface area (Å²) < 4.78 is 0. The fraction of sp³-hybridized carbons (Fsp3) is 0.500. The minimum Gasteiger partial charge on any atom is -0.326 e. The van der Waals surface area contributed by atoms with E-state index in [2.05, 4.69) is 24.4 Å². The number of aryl methyl sites for hydroxylation is 2. The van der Waals surface area contributed by atoms with Crippen LogP contribution in [0.25, 0.3) is 0 Å². The fourth-order valence-corrected chi connectivity index (χ4v) is 2.41. The van der Waals surface area contributed by atoms with Crippen LogP contribution < -0.4 is 11.1 Å². The summed E-state index contributed by atoms with van der Waals surface area (Å²) in [6.07, 6.45) is 3.51. The normalized spacial score (nSPS) is 16.3. The van der Waals surface area contributed by atoms with Crippen LogP contribution in [0, 0.1) is 6.92 Å². The van der Waals surface area contributed by atoms with E-state index in [0.717, 1.165) is 30.5 Å². The number of nitrogens with one attached hydrogen (secondary N) is 1. The summed E-state index contributed by atoms with van der Waals surface area (Å²) >= 11 is 0. The van der Waals surface area contributed by atoms with Crippen molar-refractivity contribution in [1.82, 2.24) is 0 Å². The van der Waals surface area contributed by atoms with Gasteiger partial charge in [0.25, 0.3) is 0 Å². The number of nitrogens with two attached hydrogens (primary N) is 1. The molecule has 0 aliphatic carbocycles. The van der Waals surface area contributed by atoms with Crippen molar-refractivity contribution in [2.75, 3.05) is 5.32 Å². The number of hydrogen-bond donors (Lipinski definition) is 2. The minimum atomic E-state index is 0.113. The summed E-state index contributed by atoms with van der Waals surface area (Å²) in [7, 11) is 0. The van der Waals surface area contributed by atoms with Gasteiger partial charge in [0, 0.05) is 18.2 Å². The molecule has 1 aromatic rings. The highest BCUT2D eigenvalue weighted by Crippen LogP contribution is 2.30. The van der Waals surface area contributed by atoms with Crippen LogP contribution in [0.4, 0.5) is 5.69 Å². The van der Waals surface area contributed by atoms with E-state index in [1.807, 2.05) is 6.92 Å². The van der Waals surface area contributed by atoms with E-state index in [4.69, 9.17) is 5.73 Å². The molecule has 17 heavy (non-hydrogen) atoms. The van der Waals surface area contributed by atoms with Gasteiger partial charge in [-0.15, -0.1) is 0 Å². The maximum atomic E-state index is 11.4. The second kappa shape index (κ2) is 4.88. The van der Waals surface area contributed by atoms with Crippen LogP contribution in [-0.2, 0) is 11.2 Å². The lowest BCUT2D eigenvalue weighted by Crippen LogP contribution is -2.21. The second-order valence-corrected chi connectivity index (χ2v) is 4.82. The van der Waals surface area contributed by atoms with Crippen LogP contribution in [0.5, 0.6) is 0 Å². The average Bonchev–Trinajstić information content (AvgIpc) is 2.30. The van der Waals surface area contributed by atoms with Crippen molar-refractivity contribution in [2.24, 2.45) is 5.73 Å². The lowest BCUT2D eigenvalue weighted by Gasteiger charge is -2.22. The molecule has 0 saturated heterocycles. The quantitative estimate of drug-likeness (QED) is 0.841. The van der Waals surface area contributed by atoms with Crippen molar-refractivity contribution in [3.63, 3.8) is 0 Å². The molecule has 1 aromatic carbocycles. The van der Waals surface area contributed by atoms with Crippen molar-refractivity contribution in [1.29, 1.82) is 0 Å². The third-order valence-corrected chi connectivity index (χ3v) is 3.35. The van der Waals surface area contributed by atoms with E-state index < -0.39 is 0 Å². The summed E-state index contributed by atoms with van der Waals surface area (Å²) in [5, 5.41) is 2.95. The molecule has 2 rings (SSSR count). The average molecular weight is 232 g/mol. The largest absolute Gasteiger partial charge is 0.326 e. The van der Waals surface area contributed by atoms with Gasteiger partial charge in [-0.05, 0) is 36.5 Å². The van der Waals surface area contributed by atoms with Gasteiger partial charge in [0.2, 0.25) is 5.91 Å². The molecule has 3 N–H and O–H groups in total. The Balaban J connectivity index is 2.34. The first kappa shape index (κ1) is 12.1. The van der Waals surface area contributed by atoms with Crippen LogP contribution in [0.3, 0.4) is 0 Å². The molecule has 1 amide bonds. The van der Waals surface area contributed by atoms with Crippen LogP contribution in [0.15, 0.2) is 12.1 Å². The predicted octanol–water partition coefficient (Wildman–Crippen LogP) is 2.68. The standard InChI is InChI=1S/C14H20N2O/c1-3-4-12(15)11-7-9(2)14-10(8-11)5-6-13(17)16-14/h7-8,12H,3-6,15H2,1-2H3,(H,16,17). The molecule has 3 nitrogen and oxygen atoms in total. The smallest absolute Gasteiger partial charge is 0.224 e. The monoisotopic (exact) mass is 232 g/mol. The van der Waals surface area contributed by atoms with E-state index >= 15 is 0 Å². The molecule has 3 heteroatoms. The summed E-state index contributed by atoms with van der Waals surface area (Å²) in [6, 6.07) is 4.37. The molecule has 0 radical (unpaired) electrons. The molecule has 1 unspecified atom stereocenters. The molecule has 0 aromatic heterocycles. The number of hydrogen-bond acceptors (Lipinski definition) is 2. The van der Waals surface area contributed by atoms with Gasteiger partial charge in [0.15, 0.2) is 0 Å². The van der Waals surface area contributed by atoms with Gasteiger partial charge in [-0.2, -0.15) is 0 Å². The van der Waals surface area contributed by atoms with Crippen LogP contribution in [0.2, 0.25) is 0 Å². The molecular weight excluding hydrogens is 212 g/mol. The molecule has 0 fully saturated rings. The first-order valence-corrected chi connectivity index (χ1v) is 6.30. The van der Waals surface area contributed by atoms with E-state index in [0.29, 0.717) is 6.42 Å². The number of anilines is 1. The highest BCUT2D eigenvalue weighted by Gasteiger charge is 2.18. The molecule has 1 aliphatic rings. The topological polar surface area (TPSA) is 55.1 Å². The first-order chi connectivity index (χ1) is 8.11. The molecule has 1 heterocycles. The summed E-state index contributed by atoms with van der Waals surface area (Å²) in [5.41, 5.74) is 10.7. The molecule has 0 bridgehead atoms. The van der Waals surface area contributed by atoms with Gasteiger partial charge >= 0.3 is 0 Å². The Kier molecular flexibility index (Phi) is 3.48. The van der Waals surface area contributed by atoms with Crippen molar-refractivity contribution >= 4 is 11.6 Å². The Morgan fingerprint density at radius 2 is 2.18 bits per heavy atom. The molecular formula is C14H20N2O. The van der Waals surface area contributed by atoms with Gasteiger partial charge in [-0.3, -0.25) is 4.79 Å².